The second-order valence-corrected chi connectivity index (χ2v) is 6.21. The topological polar surface area (TPSA) is 90.1 Å². The lowest BCUT2D eigenvalue weighted by Crippen LogP contribution is -2.42. The maximum Gasteiger partial charge on any atom is 0.272 e. The second kappa shape index (κ2) is 7.43. The lowest BCUT2D eigenvalue weighted by molar-refractivity contribution is -0.118. The van der Waals surface area contributed by atoms with E-state index in [4.69, 9.17) is 0 Å². The number of carbonyl (C=O) groups excluding carboxylic acids is 2. The first-order valence-electron chi connectivity index (χ1n) is 8.29. The minimum Gasteiger partial charge on any atom is -0.339 e. The number of nitrogens with one attached hydrogen (secondary N) is 3. The highest BCUT2D eigenvalue weighted by Crippen LogP contribution is 2.24. The van der Waals surface area contributed by atoms with Gasteiger partial charge in [0, 0.05) is 37.3 Å². The third kappa shape index (κ3) is 3.17. The van der Waals surface area contributed by atoms with Crippen LogP contribution in [0.3, 0.4) is 0 Å². The highest BCUT2D eigenvalue weighted by Gasteiger charge is 2.35. The largest absolute Gasteiger partial charge is 0.339 e. The van der Waals surface area contributed by atoms with Gasteiger partial charge in [0.1, 0.15) is 11.9 Å². The second-order valence-electron chi connectivity index (χ2n) is 6.21. The molecule has 3 N–H and O–H groups in total. The number of hydrogen-bond acceptors (Lipinski definition) is 4. The third-order valence-electron chi connectivity index (χ3n) is 4.68. The Morgan fingerprint density at radius 2 is 2.15 bits per heavy atom. The normalized spacial score (nSPS) is 19.0. The van der Waals surface area contributed by atoms with E-state index in [2.05, 4.69) is 20.8 Å². The summed E-state index contributed by atoms with van der Waals surface area (Å²) in [4.78, 5) is 26.5. The molecule has 1 saturated heterocycles. The molecule has 2 aromatic rings. The maximum absolute atomic E-state index is 13.9. The van der Waals surface area contributed by atoms with E-state index in [-0.39, 0.29) is 29.9 Å². The lowest BCUT2D eigenvalue weighted by atomic mass is 10.1. The fourth-order valence-electron chi connectivity index (χ4n) is 3.36. The first kappa shape index (κ1) is 18.3. The van der Waals surface area contributed by atoms with Crippen molar-refractivity contribution >= 4 is 29.9 Å². The molecule has 0 bridgehead atoms. The zero-order valence-corrected chi connectivity index (χ0v) is 14.7. The molecule has 0 spiro atoms. The van der Waals surface area contributed by atoms with Crippen molar-refractivity contribution in [3.8, 4) is 0 Å². The molecular weight excluding hydrogens is 361 g/mol. The van der Waals surface area contributed by atoms with Crippen LogP contribution in [0.25, 0.3) is 0 Å². The average molecular weight is 380 g/mol. The summed E-state index contributed by atoms with van der Waals surface area (Å²) in [6.07, 6.45) is 1.23. The van der Waals surface area contributed by atoms with Gasteiger partial charge in [-0.1, -0.05) is 12.1 Å². The predicted molar refractivity (Wildman–Crippen MR) is 95.9 cm³/mol. The van der Waals surface area contributed by atoms with Crippen molar-refractivity contribution in [3.05, 3.63) is 47.0 Å². The smallest absolute Gasteiger partial charge is 0.272 e. The van der Waals surface area contributed by atoms with E-state index in [0.29, 0.717) is 25.2 Å². The molecule has 2 aliphatic heterocycles. The van der Waals surface area contributed by atoms with Gasteiger partial charge in [-0.3, -0.25) is 14.7 Å². The summed E-state index contributed by atoms with van der Waals surface area (Å²) >= 11 is 0. The summed E-state index contributed by atoms with van der Waals surface area (Å²) in [5.41, 5.74) is 2.36. The summed E-state index contributed by atoms with van der Waals surface area (Å²) in [6.45, 7) is 1.79. The molecule has 1 aromatic heterocycles. The van der Waals surface area contributed by atoms with Crippen LogP contribution in [0.1, 0.15) is 28.2 Å². The average Bonchev–Trinajstić information content (AvgIpc) is 3.20. The minimum atomic E-state index is -0.670. The van der Waals surface area contributed by atoms with Crippen molar-refractivity contribution in [1.29, 1.82) is 0 Å². The van der Waals surface area contributed by atoms with Gasteiger partial charge in [0.25, 0.3) is 5.91 Å². The first-order chi connectivity index (χ1) is 12.1. The number of nitrogens with zero attached hydrogens (tertiary/aromatic N) is 2. The third-order valence-corrected chi connectivity index (χ3v) is 4.68. The standard InChI is InChI=1S/C17H18FN5O2.ClH/c18-11-3-1-2-4-14(11)23-8-6-13(17(23)25)20-16(24)15-10-9-19-7-5-12(10)21-22-15;/h1-4,13,19H,5-9H2,(H,20,24)(H,21,22);1H. The van der Waals surface area contributed by atoms with Gasteiger partial charge in [-0.25, -0.2) is 4.39 Å². The summed E-state index contributed by atoms with van der Waals surface area (Å²) in [5.74, 6) is -1.13. The van der Waals surface area contributed by atoms with Crippen LogP contribution >= 0.6 is 12.4 Å². The Bertz CT molecular complexity index is 840. The molecule has 9 heteroatoms. The lowest BCUT2D eigenvalue weighted by Gasteiger charge is -2.18. The molecule has 1 atom stereocenters. The number of fused-ring (bicyclic) bond motifs is 1. The van der Waals surface area contributed by atoms with Gasteiger partial charge >= 0.3 is 0 Å². The van der Waals surface area contributed by atoms with E-state index < -0.39 is 11.9 Å². The molecule has 1 aromatic carbocycles. The number of anilines is 1. The minimum absolute atomic E-state index is 0. The van der Waals surface area contributed by atoms with E-state index in [9.17, 15) is 14.0 Å². The number of amides is 2. The number of H-pyrrole nitrogens is 1. The molecule has 26 heavy (non-hydrogen) atoms. The Hall–Kier alpha value is -2.45. The zero-order chi connectivity index (χ0) is 17.4. The first-order valence-corrected chi connectivity index (χ1v) is 8.29. The van der Waals surface area contributed by atoms with E-state index >= 15 is 0 Å². The van der Waals surface area contributed by atoms with Crippen molar-refractivity contribution < 1.29 is 14.0 Å². The number of para-hydroxylation sites is 1. The summed E-state index contributed by atoms with van der Waals surface area (Å²) in [5, 5.41) is 12.9. The molecule has 0 radical (unpaired) electrons. The molecule has 2 aliphatic rings. The van der Waals surface area contributed by atoms with E-state index in [0.717, 1.165) is 24.2 Å². The Balaban J connectivity index is 0.00000196. The number of halogens is 2. The SMILES string of the molecule is Cl.O=C(NC1CCN(c2ccccc2F)C1=O)c1n[nH]c2c1CNCC2. The Kier molecular flexibility index (Phi) is 5.24. The molecule has 7 nitrogen and oxygen atoms in total. The van der Waals surface area contributed by atoms with Gasteiger partial charge in [0.15, 0.2) is 5.69 Å². The van der Waals surface area contributed by atoms with Crippen LogP contribution in [0.15, 0.2) is 24.3 Å². The van der Waals surface area contributed by atoms with Crippen molar-refractivity contribution in [2.45, 2.75) is 25.4 Å². The van der Waals surface area contributed by atoms with E-state index in [1.54, 1.807) is 18.2 Å². The van der Waals surface area contributed by atoms with Crippen LogP contribution in [-0.4, -0.2) is 41.1 Å². The van der Waals surface area contributed by atoms with Crippen LogP contribution < -0.4 is 15.5 Å². The van der Waals surface area contributed by atoms with Gasteiger partial charge < -0.3 is 15.5 Å². The molecule has 0 aliphatic carbocycles. The number of aromatic nitrogens is 2. The summed E-state index contributed by atoms with van der Waals surface area (Å²) in [6, 6.07) is 5.47. The molecule has 1 fully saturated rings. The van der Waals surface area contributed by atoms with Gasteiger partial charge in [-0.15, -0.1) is 12.4 Å². The van der Waals surface area contributed by atoms with Crippen LogP contribution in [0.5, 0.6) is 0 Å². The molecular formula is C17H19ClFN5O2. The Labute approximate surface area is 155 Å². The Morgan fingerprint density at radius 1 is 1.35 bits per heavy atom. The highest BCUT2D eigenvalue weighted by molar-refractivity contribution is 6.03. The summed E-state index contributed by atoms with van der Waals surface area (Å²) < 4.78 is 13.9. The quantitative estimate of drug-likeness (QED) is 0.746. The van der Waals surface area contributed by atoms with Crippen LogP contribution in [0, 0.1) is 5.82 Å². The van der Waals surface area contributed by atoms with Gasteiger partial charge in [0.2, 0.25) is 5.91 Å². The number of benzene rings is 1. The van der Waals surface area contributed by atoms with Crippen LogP contribution in [0.4, 0.5) is 10.1 Å². The molecule has 138 valence electrons. The van der Waals surface area contributed by atoms with E-state index in [1.807, 2.05) is 0 Å². The van der Waals surface area contributed by atoms with Crippen molar-refractivity contribution in [2.75, 3.05) is 18.0 Å². The Morgan fingerprint density at radius 3 is 2.96 bits per heavy atom. The zero-order valence-electron chi connectivity index (χ0n) is 13.9. The molecule has 0 saturated carbocycles. The van der Waals surface area contributed by atoms with Gasteiger partial charge in [-0.2, -0.15) is 5.10 Å². The van der Waals surface area contributed by atoms with Crippen molar-refractivity contribution in [2.24, 2.45) is 0 Å². The predicted octanol–water partition coefficient (Wildman–Crippen LogP) is 1.15. The van der Waals surface area contributed by atoms with Crippen LogP contribution in [-0.2, 0) is 17.8 Å². The van der Waals surface area contributed by atoms with Crippen molar-refractivity contribution in [3.63, 3.8) is 0 Å². The number of hydrogen-bond donors (Lipinski definition) is 3. The fraction of sp³-hybridized carbons (Fsp3) is 0.353. The monoisotopic (exact) mass is 379 g/mol. The fourth-order valence-corrected chi connectivity index (χ4v) is 3.36. The van der Waals surface area contributed by atoms with E-state index in [1.165, 1.54) is 11.0 Å². The van der Waals surface area contributed by atoms with Gasteiger partial charge in [-0.05, 0) is 18.6 Å². The molecule has 3 heterocycles. The molecule has 1 unspecified atom stereocenters. The molecule has 4 rings (SSSR count). The maximum atomic E-state index is 13.9. The molecule has 2 amide bonds. The highest BCUT2D eigenvalue weighted by atomic mass is 35.5. The van der Waals surface area contributed by atoms with Crippen LogP contribution in [0.2, 0.25) is 0 Å². The van der Waals surface area contributed by atoms with Crippen molar-refractivity contribution in [1.82, 2.24) is 20.8 Å². The number of aromatic amines is 1. The summed E-state index contributed by atoms with van der Waals surface area (Å²) in [7, 11) is 0. The van der Waals surface area contributed by atoms with Gasteiger partial charge in [0.05, 0.1) is 5.69 Å². The number of rotatable bonds is 3. The number of carbonyl (C=O) groups is 2.